The van der Waals surface area contributed by atoms with Crippen LogP contribution in [0.15, 0.2) is 41.8 Å². The maximum atomic E-state index is 13.8. The SMILES string of the molecule is CC[C@H](C)C(/C=N/C(=O)OC)C(=O)N1CCC[C@H]1c1ncc(-c2cnc3c(n2)Oc2ccc(-c4cnc(CCCCNC(=O)C(NC(=O)OC)[C@@H](C)CC)[nH]4)cc2O3)[nH]1. The van der Waals surface area contributed by atoms with Gasteiger partial charge in [0.1, 0.15) is 23.4 Å². The van der Waals surface area contributed by atoms with Gasteiger partial charge in [0.15, 0.2) is 11.5 Å². The van der Waals surface area contributed by atoms with E-state index in [-0.39, 0.29) is 41.5 Å². The maximum Gasteiger partial charge on any atom is 0.432 e. The average Bonchev–Trinajstić information content (AvgIpc) is 4.05. The Bertz CT molecular complexity index is 2150. The predicted octanol–water partition coefficient (Wildman–Crippen LogP) is 6.53. The zero-order valence-electron chi connectivity index (χ0n) is 34.2. The van der Waals surface area contributed by atoms with Gasteiger partial charge >= 0.3 is 12.2 Å². The largest absolute Gasteiger partial charge is 0.453 e. The van der Waals surface area contributed by atoms with Gasteiger partial charge in [-0.05, 0) is 55.7 Å². The van der Waals surface area contributed by atoms with Gasteiger partial charge in [0.05, 0.1) is 56.2 Å². The number of aromatic nitrogens is 6. The van der Waals surface area contributed by atoms with Crippen LogP contribution >= 0.6 is 0 Å². The Morgan fingerprint density at radius 1 is 0.949 bits per heavy atom. The molecule has 314 valence electrons. The van der Waals surface area contributed by atoms with Crippen molar-refractivity contribution >= 4 is 30.2 Å². The Morgan fingerprint density at radius 3 is 2.49 bits per heavy atom. The van der Waals surface area contributed by atoms with E-state index in [0.29, 0.717) is 48.2 Å². The molecule has 0 aliphatic carbocycles. The van der Waals surface area contributed by atoms with Crippen molar-refractivity contribution in [2.45, 2.75) is 84.7 Å². The molecule has 0 saturated carbocycles. The summed E-state index contributed by atoms with van der Waals surface area (Å²) in [4.78, 5) is 80.6. The molecule has 6 rings (SSSR count). The lowest BCUT2D eigenvalue weighted by Crippen LogP contribution is -2.50. The Balaban J connectivity index is 1.04. The quantitative estimate of drug-likeness (QED) is 0.0616. The minimum atomic E-state index is -0.744. The molecule has 1 aromatic carbocycles. The van der Waals surface area contributed by atoms with Gasteiger partial charge in [0.2, 0.25) is 11.8 Å². The number of ether oxygens (including phenoxy) is 4. The van der Waals surface area contributed by atoms with Crippen molar-refractivity contribution in [1.29, 1.82) is 0 Å². The Hall–Kier alpha value is -6.33. The van der Waals surface area contributed by atoms with Crippen molar-refractivity contribution < 1.29 is 38.1 Å². The number of carbonyl (C=O) groups is 4. The molecule has 2 unspecified atom stereocenters. The standard InChI is InChI=1S/C41H52N10O8/c1-7-23(3)26(19-46-40(54)56-5)39(53)51-17-11-12-30(51)35-44-21-28(48-35)29-22-45-37-38(49-29)58-31-15-14-25(18-32(31)59-37)27-20-43-33(47-27)13-9-10-16-42-36(52)34(24(4)8-2)50-41(55)57-6/h14-15,18-24,26,30,34H,7-13,16-17H2,1-6H3,(H,42,52)(H,43,47)(H,44,48)(H,50,55)/b46-19+/t23-,24-,26?,30-,34?/m0/s1. The number of hydrogen-bond acceptors (Lipinski definition) is 12. The smallest absolute Gasteiger partial charge is 0.432 e. The molecule has 59 heavy (non-hydrogen) atoms. The van der Waals surface area contributed by atoms with Crippen molar-refractivity contribution in [2.24, 2.45) is 22.7 Å². The van der Waals surface area contributed by atoms with Crippen LogP contribution in [0.1, 0.15) is 83.9 Å². The fraction of sp³-hybridized carbons (Fsp3) is 0.488. The number of amides is 4. The van der Waals surface area contributed by atoms with Crippen LogP contribution in [-0.4, -0.2) is 98.4 Å². The number of aromatic amines is 2. The summed E-state index contributed by atoms with van der Waals surface area (Å²) < 4.78 is 21.6. The molecule has 2 aliphatic rings. The number of rotatable bonds is 16. The highest BCUT2D eigenvalue weighted by Crippen LogP contribution is 2.45. The minimum absolute atomic E-state index is 0.0305. The first-order chi connectivity index (χ1) is 28.5. The summed E-state index contributed by atoms with van der Waals surface area (Å²) in [6.07, 6.45) is 10.2. The van der Waals surface area contributed by atoms with Crippen molar-refractivity contribution in [3.63, 3.8) is 0 Å². The molecule has 4 N–H and O–H groups in total. The molecular formula is C41H52N10O8. The third kappa shape index (κ3) is 10.0. The molecule has 5 heterocycles. The lowest BCUT2D eigenvalue weighted by Gasteiger charge is -2.28. The highest BCUT2D eigenvalue weighted by atomic mass is 16.6. The van der Waals surface area contributed by atoms with E-state index < -0.39 is 24.1 Å². The summed E-state index contributed by atoms with van der Waals surface area (Å²) in [5, 5.41) is 5.54. The number of nitrogens with zero attached hydrogens (tertiary/aromatic N) is 6. The Morgan fingerprint density at radius 2 is 1.73 bits per heavy atom. The zero-order valence-corrected chi connectivity index (χ0v) is 34.2. The Kier molecular flexibility index (Phi) is 13.9. The van der Waals surface area contributed by atoms with Crippen molar-refractivity contribution in [3.05, 3.63) is 48.4 Å². The van der Waals surface area contributed by atoms with Gasteiger partial charge in [-0.2, -0.15) is 4.99 Å². The molecule has 2 aliphatic heterocycles. The van der Waals surface area contributed by atoms with Gasteiger partial charge in [-0.15, -0.1) is 0 Å². The highest BCUT2D eigenvalue weighted by molar-refractivity contribution is 5.97. The molecule has 3 aromatic heterocycles. The third-order valence-electron chi connectivity index (χ3n) is 10.9. The van der Waals surface area contributed by atoms with Gasteiger partial charge in [-0.3, -0.25) is 9.59 Å². The topological polar surface area (TPSA) is 228 Å². The molecule has 18 nitrogen and oxygen atoms in total. The molecule has 5 atom stereocenters. The lowest BCUT2D eigenvalue weighted by atomic mass is 9.91. The molecular weight excluding hydrogens is 761 g/mol. The molecule has 4 amide bonds. The molecule has 1 fully saturated rings. The number of hydrogen-bond donors (Lipinski definition) is 4. The number of benzene rings is 1. The highest BCUT2D eigenvalue weighted by Gasteiger charge is 2.37. The number of carbonyl (C=O) groups excluding carboxylic acids is 4. The maximum absolute atomic E-state index is 13.8. The average molecular weight is 813 g/mol. The van der Waals surface area contributed by atoms with Crippen LogP contribution in [0.3, 0.4) is 0 Å². The summed E-state index contributed by atoms with van der Waals surface area (Å²) in [5.41, 5.74) is 2.74. The van der Waals surface area contributed by atoms with Crippen molar-refractivity contribution in [2.75, 3.05) is 27.3 Å². The first kappa shape index (κ1) is 42.3. The van der Waals surface area contributed by atoms with E-state index in [1.54, 1.807) is 29.6 Å². The van der Waals surface area contributed by atoms with Gasteiger partial charge in [-0.25, -0.2) is 29.5 Å². The van der Waals surface area contributed by atoms with Gasteiger partial charge < -0.3 is 44.4 Å². The second-order valence-electron chi connectivity index (χ2n) is 14.8. The summed E-state index contributed by atoms with van der Waals surface area (Å²) in [7, 11) is 2.52. The number of fused-ring (bicyclic) bond motifs is 2. The number of aliphatic imine (C=N–C) groups is 1. The number of methoxy groups -OCH3 is 2. The summed E-state index contributed by atoms with van der Waals surface area (Å²) in [6.45, 7) is 8.87. The fourth-order valence-corrected chi connectivity index (χ4v) is 6.98. The summed E-state index contributed by atoms with van der Waals surface area (Å²) in [6, 6.07) is 4.61. The van der Waals surface area contributed by atoms with E-state index in [1.165, 1.54) is 20.4 Å². The molecule has 18 heteroatoms. The van der Waals surface area contributed by atoms with E-state index in [2.05, 4.69) is 55.0 Å². The van der Waals surface area contributed by atoms with Gasteiger partial charge in [0, 0.05) is 31.3 Å². The third-order valence-corrected chi connectivity index (χ3v) is 10.9. The van der Waals surface area contributed by atoms with E-state index in [1.807, 2.05) is 39.8 Å². The number of likely N-dealkylation sites (tertiary alicyclic amines) is 1. The van der Waals surface area contributed by atoms with E-state index in [0.717, 1.165) is 55.6 Å². The number of unbranched alkanes of at least 4 members (excludes halogenated alkanes) is 1. The monoisotopic (exact) mass is 812 g/mol. The molecule has 4 aromatic rings. The first-order valence-corrected chi connectivity index (χ1v) is 20.0. The summed E-state index contributed by atoms with van der Waals surface area (Å²) in [5.74, 6) is 1.81. The molecule has 0 radical (unpaired) electrons. The van der Waals surface area contributed by atoms with Crippen LogP contribution in [0, 0.1) is 17.8 Å². The first-order valence-electron chi connectivity index (χ1n) is 20.0. The second kappa shape index (κ2) is 19.4. The van der Waals surface area contributed by atoms with E-state index in [9.17, 15) is 19.2 Å². The molecule has 1 saturated heterocycles. The number of imidazole rings is 2. The van der Waals surface area contributed by atoms with Crippen LogP contribution in [0.5, 0.6) is 23.3 Å². The van der Waals surface area contributed by atoms with Crippen LogP contribution in [-0.2, 0) is 25.5 Å². The molecule has 0 bridgehead atoms. The van der Waals surface area contributed by atoms with Gasteiger partial charge in [0.25, 0.3) is 11.8 Å². The van der Waals surface area contributed by atoms with E-state index >= 15 is 0 Å². The van der Waals surface area contributed by atoms with E-state index in [4.69, 9.17) is 9.47 Å². The van der Waals surface area contributed by atoms with Crippen molar-refractivity contribution in [3.8, 4) is 45.9 Å². The number of H-pyrrole nitrogens is 2. The number of alkyl carbamates (subject to hydrolysis) is 1. The lowest BCUT2D eigenvalue weighted by molar-refractivity contribution is -0.135. The normalized spacial score (nSPS) is 16.5. The number of aryl methyl sites for hydroxylation is 1. The van der Waals surface area contributed by atoms with Gasteiger partial charge in [-0.1, -0.05) is 40.5 Å². The predicted molar refractivity (Wildman–Crippen MR) is 216 cm³/mol. The van der Waals surface area contributed by atoms with Crippen molar-refractivity contribution in [1.82, 2.24) is 45.4 Å². The van der Waals surface area contributed by atoms with Crippen LogP contribution in [0.25, 0.3) is 22.6 Å². The Labute approximate surface area is 342 Å². The number of nitrogens with one attached hydrogen (secondary N) is 4. The second-order valence-corrected chi connectivity index (χ2v) is 14.8. The molecule has 0 spiro atoms. The van der Waals surface area contributed by atoms with Crippen LogP contribution < -0.4 is 20.1 Å². The zero-order chi connectivity index (χ0) is 42.1. The summed E-state index contributed by atoms with van der Waals surface area (Å²) >= 11 is 0. The van der Waals surface area contributed by atoms with Crippen LogP contribution in [0.2, 0.25) is 0 Å². The fourth-order valence-electron chi connectivity index (χ4n) is 6.98. The van der Waals surface area contributed by atoms with Crippen LogP contribution in [0.4, 0.5) is 9.59 Å². The minimum Gasteiger partial charge on any atom is -0.453 e.